The summed E-state index contributed by atoms with van der Waals surface area (Å²) in [5.74, 6) is 0.866. The van der Waals surface area contributed by atoms with Crippen LogP contribution < -0.4 is 10.1 Å². The maximum atomic E-state index is 9.76. The molecule has 1 rings (SSSR count). The summed E-state index contributed by atoms with van der Waals surface area (Å²) in [6, 6.07) is 4.28. The summed E-state index contributed by atoms with van der Waals surface area (Å²) in [5.41, 5.74) is 3.47. The van der Waals surface area contributed by atoms with Gasteiger partial charge in [0.15, 0.2) is 0 Å². The third-order valence-electron chi connectivity index (χ3n) is 3.21. The Morgan fingerprint density at radius 2 is 1.81 bits per heavy atom. The summed E-state index contributed by atoms with van der Waals surface area (Å²) in [6.07, 6.45) is 0.548. The Hall–Kier alpha value is -1.10. The highest BCUT2D eigenvalue weighted by molar-refractivity contribution is 5.43. The van der Waals surface area contributed by atoms with Crippen LogP contribution in [0.15, 0.2) is 12.1 Å². The van der Waals surface area contributed by atoms with Crippen molar-refractivity contribution < 1.29 is 14.6 Å². The predicted molar refractivity (Wildman–Crippen MR) is 85.9 cm³/mol. The molecule has 0 aromatic heterocycles. The van der Waals surface area contributed by atoms with Crippen molar-refractivity contribution in [2.45, 2.75) is 46.8 Å². The van der Waals surface area contributed by atoms with Gasteiger partial charge in [-0.2, -0.15) is 0 Å². The second-order valence-corrected chi connectivity index (χ2v) is 5.36. The van der Waals surface area contributed by atoms with E-state index in [-0.39, 0.29) is 6.61 Å². The molecule has 0 aliphatic heterocycles. The van der Waals surface area contributed by atoms with Gasteiger partial charge < -0.3 is 19.9 Å². The van der Waals surface area contributed by atoms with Gasteiger partial charge in [-0.05, 0) is 50.4 Å². The van der Waals surface area contributed by atoms with Crippen molar-refractivity contribution in [1.29, 1.82) is 0 Å². The zero-order valence-corrected chi connectivity index (χ0v) is 13.7. The van der Waals surface area contributed by atoms with E-state index < -0.39 is 6.10 Å². The summed E-state index contributed by atoms with van der Waals surface area (Å²) in [5, 5.41) is 13.2. The van der Waals surface area contributed by atoms with Gasteiger partial charge in [-0.25, -0.2) is 0 Å². The number of hydrogen-bond donors (Lipinski definition) is 2. The van der Waals surface area contributed by atoms with E-state index in [0.29, 0.717) is 13.2 Å². The second-order valence-electron chi connectivity index (χ2n) is 5.36. The predicted octanol–water partition coefficient (Wildman–Crippen LogP) is 2.58. The molecule has 2 N–H and O–H groups in total. The van der Waals surface area contributed by atoms with E-state index in [1.54, 1.807) is 0 Å². The van der Waals surface area contributed by atoms with Crippen molar-refractivity contribution in [2.24, 2.45) is 0 Å². The summed E-state index contributed by atoms with van der Waals surface area (Å²) in [6.45, 7) is 11.2. The highest BCUT2D eigenvalue weighted by atomic mass is 16.5. The Morgan fingerprint density at radius 1 is 1.14 bits per heavy atom. The molecule has 1 atom stereocenters. The van der Waals surface area contributed by atoms with Crippen LogP contribution in [0, 0.1) is 13.8 Å². The summed E-state index contributed by atoms with van der Waals surface area (Å²) < 4.78 is 10.9. The van der Waals surface area contributed by atoms with Crippen LogP contribution in [0.1, 0.15) is 37.0 Å². The van der Waals surface area contributed by atoms with Gasteiger partial charge in [-0.1, -0.05) is 19.1 Å². The smallest absolute Gasteiger partial charge is 0.125 e. The minimum absolute atomic E-state index is 0.259. The van der Waals surface area contributed by atoms with E-state index in [4.69, 9.17) is 9.47 Å². The van der Waals surface area contributed by atoms with E-state index in [0.717, 1.165) is 36.4 Å². The normalized spacial score (nSPS) is 12.4. The average molecular weight is 295 g/mol. The van der Waals surface area contributed by atoms with E-state index in [2.05, 4.69) is 24.4 Å². The number of benzene rings is 1. The molecule has 0 radical (unpaired) electrons. The Balaban J connectivity index is 2.58. The van der Waals surface area contributed by atoms with Crippen LogP contribution in [0.3, 0.4) is 0 Å². The van der Waals surface area contributed by atoms with Crippen LogP contribution in [0.4, 0.5) is 0 Å². The second kappa shape index (κ2) is 9.77. The Bertz CT molecular complexity index is 397. The Kier molecular flexibility index (Phi) is 8.35. The molecule has 0 amide bonds. The average Bonchev–Trinajstić information content (AvgIpc) is 2.44. The fourth-order valence-corrected chi connectivity index (χ4v) is 2.26. The first-order chi connectivity index (χ1) is 10.1. The lowest BCUT2D eigenvalue weighted by Gasteiger charge is -2.17. The molecule has 120 valence electrons. The molecule has 1 aromatic carbocycles. The van der Waals surface area contributed by atoms with Gasteiger partial charge in [0.25, 0.3) is 0 Å². The molecule has 0 aliphatic rings. The van der Waals surface area contributed by atoms with Crippen LogP contribution in [-0.2, 0) is 11.3 Å². The Labute approximate surface area is 128 Å². The van der Waals surface area contributed by atoms with Crippen molar-refractivity contribution in [3.63, 3.8) is 0 Å². The summed E-state index contributed by atoms with van der Waals surface area (Å²) >= 11 is 0. The van der Waals surface area contributed by atoms with Gasteiger partial charge in [-0.15, -0.1) is 0 Å². The molecule has 0 spiro atoms. The lowest BCUT2D eigenvalue weighted by molar-refractivity contribution is 0.0162. The molecule has 4 heteroatoms. The maximum Gasteiger partial charge on any atom is 0.125 e. The van der Waals surface area contributed by atoms with Crippen molar-refractivity contribution >= 4 is 0 Å². The SMILES string of the molecule is CCCNCc1cc(C)c(OCC(O)COCC)c(C)c1. The van der Waals surface area contributed by atoms with Crippen LogP contribution >= 0.6 is 0 Å². The number of aryl methyl sites for hydroxylation is 2. The van der Waals surface area contributed by atoms with Crippen LogP contribution in [0.25, 0.3) is 0 Å². The van der Waals surface area contributed by atoms with E-state index in [1.807, 2.05) is 20.8 Å². The molecule has 0 bridgehead atoms. The number of hydrogen-bond acceptors (Lipinski definition) is 4. The van der Waals surface area contributed by atoms with E-state index in [1.165, 1.54) is 5.56 Å². The first-order valence-electron chi connectivity index (χ1n) is 7.77. The fraction of sp³-hybridized carbons (Fsp3) is 0.647. The van der Waals surface area contributed by atoms with Crippen LogP contribution in [0.5, 0.6) is 5.75 Å². The monoisotopic (exact) mass is 295 g/mol. The van der Waals surface area contributed by atoms with Crippen molar-refractivity contribution in [3.8, 4) is 5.75 Å². The molecule has 0 fully saturated rings. The maximum absolute atomic E-state index is 9.76. The molecule has 0 saturated carbocycles. The van der Waals surface area contributed by atoms with E-state index >= 15 is 0 Å². The Morgan fingerprint density at radius 3 is 2.38 bits per heavy atom. The van der Waals surface area contributed by atoms with Gasteiger partial charge in [0.2, 0.25) is 0 Å². The van der Waals surface area contributed by atoms with Gasteiger partial charge in [-0.3, -0.25) is 0 Å². The first kappa shape index (κ1) is 18.0. The van der Waals surface area contributed by atoms with Crippen molar-refractivity contribution in [1.82, 2.24) is 5.32 Å². The van der Waals surface area contributed by atoms with Crippen molar-refractivity contribution in [2.75, 3.05) is 26.4 Å². The zero-order valence-electron chi connectivity index (χ0n) is 13.7. The zero-order chi connectivity index (χ0) is 15.7. The van der Waals surface area contributed by atoms with Gasteiger partial charge in [0.1, 0.15) is 18.5 Å². The molecule has 0 aliphatic carbocycles. The number of ether oxygens (including phenoxy) is 2. The molecular weight excluding hydrogens is 266 g/mol. The quantitative estimate of drug-likeness (QED) is 0.651. The topological polar surface area (TPSA) is 50.7 Å². The highest BCUT2D eigenvalue weighted by Crippen LogP contribution is 2.25. The van der Waals surface area contributed by atoms with Gasteiger partial charge in [0.05, 0.1) is 6.61 Å². The number of nitrogens with one attached hydrogen (secondary N) is 1. The molecule has 0 heterocycles. The minimum Gasteiger partial charge on any atom is -0.490 e. The molecule has 1 aromatic rings. The molecule has 4 nitrogen and oxygen atoms in total. The molecule has 0 saturated heterocycles. The van der Waals surface area contributed by atoms with Crippen LogP contribution in [-0.4, -0.2) is 37.6 Å². The first-order valence-corrected chi connectivity index (χ1v) is 7.77. The fourth-order valence-electron chi connectivity index (χ4n) is 2.26. The van der Waals surface area contributed by atoms with Gasteiger partial charge in [0, 0.05) is 13.2 Å². The third-order valence-corrected chi connectivity index (χ3v) is 3.21. The number of aliphatic hydroxyl groups excluding tert-OH is 1. The number of aliphatic hydroxyl groups is 1. The largest absolute Gasteiger partial charge is 0.490 e. The standard InChI is InChI=1S/C17H29NO3/c1-5-7-18-10-15-8-13(3)17(14(4)9-15)21-12-16(19)11-20-6-2/h8-9,16,18-19H,5-7,10-12H2,1-4H3. The minimum atomic E-state index is -0.588. The van der Waals surface area contributed by atoms with E-state index in [9.17, 15) is 5.11 Å². The third kappa shape index (κ3) is 6.46. The lowest BCUT2D eigenvalue weighted by atomic mass is 10.1. The molecular formula is C17H29NO3. The molecule has 1 unspecified atom stereocenters. The lowest BCUT2D eigenvalue weighted by Crippen LogP contribution is -2.24. The van der Waals surface area contributed by atoms with Crippen molar-refractivity contribution in [3.05, 3.63) is 28.8 Å². The molecule has 21 heavy (non-hydrogen) atoms. The number of rotatable bonds is 10. The van der Waals surface area contributed by atoms with Gasteiger partial charge >= 0.3 is 0 Å². The highest BCUT2D eigenvalue weighted by Gasteiger charge is 2.10. The van der Waals surface area contributed by atoms with Crippen LogP contribution in [0.2, 0.25) is 0 Å². The summed E-state index contributed by atoms with van der Waals surface area (Å²) in [4.78, 5) is 0. The summed E-state index contributed by atoms with van der Waals surface area (Å²) in [7, 11) is 0.